The molecule has 0 saturated carbocycles. The van der Waals surface area contributed by atoms with Gasteiger partial charge in [0.2, 0.25) is 5.79 Å². The van der Waals surface area contributed by atoms with Gasteiger partial charge < -0.3 is 48.5 Å². The Kier molecular flexibility index (Phi) is 15.2. The second kappa shape index (κ2) is 18.5. The standard InChI is InChI=1S/C44H69NO12.Na/c1-11-42(17-16-34(54-42)41(9)18-19-43(57-41)22-32(46)28(6)37(55-43)29(7)36(51-10)30(8)39(47)48)38-26(4)21-33(53-38)35-25(3)20-27(5)44(50,56-35)23-52-40(49)45-31-14-12-24(2)13-15-31;/h12-15,25-30,32-38,46,50H,11,16-23H2,1-10H3,(H,45,49)(H,47,48);. The first kappa shape index (κ1) is 47.7. The minimum absolute atomic E-state index is 0. The number of hydrogen-bond donors (Lipinski definition) is 4. The molecule has 1 spiro atoms. The van der Waals surface area contributed by atoms with Crippen LogP contribution in [-0.2, 0) is 38.0 Å². The van der Waals surface area contributed by atoms with Gasteiger partial charge in [-0.25, -0.2) is 4.79 Å². The van der Waals surface area contributed by atoms with Crippen LogP contribution in [0.3, 0.4) is 0 Å². The van der Waals surface area contributed by atoms with Crippen molar-refractivity contribution < 1.29 is 58.1 Å². The molecular formula is C44H69NNaO12. The first-order valence-electron chi connectivity index (χ1n) is 21.3. The van der Waals surface area contributed by atoms with Gasteiger partial charge in [0.25, 0.3) is 0 Å². The number of amides is 1. The van der Waals surface area contributed by atoms with Gasteiger partial charge in [-0.3, -0.25) is 10.1 Å². The fourth-order valence-electron chi connectivity index (χ4n) is 10.9. The predicted octanol–water partition coefficient (Wildman–Crippen LogP) is 6.46. The van der Waals surface area contributed by atoms with Crippen LogP contribution in [0.5, 0.6) is 0 Å². The molecule has 1 aromatic rings. The van der Waals surface area contributed by atoms with Gasteiger partial charge in [-0.2, -0.15) is 0 Å². The van der Waals surface area contributed by atoms with Crippen LogP contribution in [0.2, 0.25) is 0 Å². The van der Waals surface area contributed by atoms with Crippen LogP contribution >= 0.6 is 0 Å². The number of nitrogens with one attached hydrogen (secondary N) is 1. The van der Waals surface area contributed by atoms with Crippen molar-refractivity contribution in [2.45, 2.75) is 179 Å². The minimum atomic E-state index is -1.67. The van der Waals surface area contributed by atoms with Gasteiger partial charge in [-0.15, -0.1) is 0 Å². The number of aryl methyl sites for hydroxylation is 1. The quantitative estimate of drug-likeness (QED) is 0.170. The molecule has 5 aliphatic heterocycles. The average Bonchev–Trinajstić information content (AvgIpc) is 3.88. The summed E-state index contributed by atoms with van der Waals surface area (Å²) in [4.78, 5) is 24.6. The molecule has 17 atom stereocenters. The number of aliphatic hydroxyl groups excluding tert-OH is 1. The number of carbonyl (C=O) groups is 2. The van der Waals surface area contributed by atoms with Crippen molar-refractivity contribution in [3.8, 4) is 0 Å². The van der Waals surface area contributed by atoms with Crippen molar-refractivity contribution in [2.24, 2.45) is 35.5 Å². The molecule has 1 amide bonds. The topological polar surface area (TPSA) is 171 Å². The van der Waals surface area contributed by atoms with Crippen molar-refractivity contribution in [3.05, 3.63) is 29.8 Å². The summed E-state index contributed by atoms with van der Waals surface area (Å²) in [5, 5.41) is 35.6. The molecule has 5 fully saturated rings. The minimum Gasteiger partial charge on any atom is -0.481 e. The molecule has 1 aromatic carbocycles. The van der Waals surface area contributed by atoms with Crippen LogP contribution in [-0.4, -0.2) is 136 Å². The zero-order valence-corrected chi connectivity index (χ0v) is 38.7. The molecule has 1 radical (unpaired) electrons. The molecular weight excluding hydrogens is 757 g/mol. The smallest absolute Gasteiger partial charge is 0.411 e. The van der Waals surface area contributed by atoms with Crippen LogP contribution in [0.4, 0.5) is 10.5 Å². The fraction of sp³-hybridized carbons (Fsp3) is 0.818. The Bertz CT molecular complexity index is 1570. The zero-order chi connectivity index (χ0) is 41.7. The van der Waals surface area contributed by atoms with E-state index in [1.807, 2.05) is 39.8 Å². The molecule has 4 N–H and O–H groups in total. The Morgan fingerprint density at radius 1 is 1.00 bits per heavy atom. The molecule has 0 bridgehead atoms. The number of carboxylic acids is 1. The normalized spacial score (nSPS) is 43.0. The maximum Gasteiger partial charge on any atom is 0.411 e. The summed E-state index contributed by atoms with van der Waals surface area (Å²) >= 11 is 0. The number of benzene rings is 1. The summed E-state index contributed by atoms with van der Waals surface area (Å²) in [5.74, 6) is -4.96. The molecule has 14 heteroatoms. The van der Waals surface area contributed by atoms with E-state index in [0.717, 1.165) is 31.2 Å². The van der Waals surface area contributed by atoms with Gasteiger partial charge in [0.15, 0.2) is 5.79 Å². The molecule has 0 aromatic heterocycles. The second-order valence-corrected chi connectivity index (χ2v) is 18.7. The van der Waals surface area contributed by atoms with Crippen LogP contribution in [0.15, 0.2) is 24.3 Å². The maximum atomic E-state index is 12.7. The Labute approximate surface area is 367 Å². The molecule has 13 nitrogen and oxygen atoms in total. The molecule has 5 saturated heterocycles. The Balaban J connectivity index is 0.00000641. The Morgan fingerprint density at radius 2 is 1.69 bits per heavy atom. The summed E-state index contributed by atoms with van der Waals surface area (Å²) in [6.45, 7) is 17.6. The van der Waals surface area contributed by atoms with Gasteiger partial charge in [-0.05, 0) is 83.3 Å². The van der Waals surface area contributed by atoms with Crippen LogP contribution in [0.1, 0.15) is 112 Å². The number of carbonyl (C=O) groups excluding carboxylic acids is 1. The van der Waals surface area contributed by atoms with Gasteiger partial charge >= 0.3 is 12.1 Å². The predicted molar refractivity (Wildman–Crippen MR) is 217 cm³/mol. The van der Waals surface area contributed by atoms with Crippen LogP contribution < -0.4 is 5.32 Å². The number of aliphatic carboxylic acids is 1. The molecule has 5 heterocycles. The van der Waals surface area contributed by atoms with Gasteiger partial charge in [0.05, 0.1) is 59.8 Å². The number of aliphatic hydroxyl groups is 2. The number of carboxylic acid groups (broad SMARTS) is 1. The summed E-state index contributed by atoms with van der Waals surface area (Å²) in [6.07, 6.45) is 1.72. The number of rotatable bonds is 12. The maximum absolute atomic E-state index is 12.7. The monoisotopic (exact) mass is 826 g/mol. The van der Waals surface area contributed by atoms with E-state index in [-0.39, 0.29) is 84.1 Å². The van der Waals surface area contributed by atoms with Crippen molar-refractivity contribution in [3.63, 3.8) is 0 Å². The fourth-order valence-corrected chi connectivity index (χ4v) is 10.9. The summed E-state index contributed by atoms with van der Waals surface area (Å²) in [5.41, 5.74) is 0.443. The Hall–Kier alpha value is -1.36. The summed E-state index contributed by atoms with van der Waals surface area (Å²) in [6, 6.07) is 7.40. The number of methoxy groups -OCH3 is 1. The van der Waals surface area contributed by atoms with E-state index in [2.05, 4.69) is 33.0 Å². The third-order valence-electron chi connectivity index (χ3n) is 14.5. The van der Waals surface area contributed by atoms with E-state index in [0.29, 0.717) is 31.4 Å². The second-order valence-electron chi connectivity index (χ2n) is 18.7. The van der Waals surface area contributed by atoms with E-state index in [1.54, 1.807) is 19.1 Å². The van der Waals surface area contributed by atoms with Crippen molar-refractivity contribution in [2.75, 3.05) is 19.0 Å². The number of hydrogen-bond acceptors (Lipinski definition) is 11. The molecule has 17 unspecified atom stereocenters. The zero-order valence-electron chi connectivity index (χ0n) is 36.7. The van der Waals surface area contributed by atoms with E-state index in [1.165, 1.54) is 7.11 Å². The molecule has 58 heavy (non-hydrogen) atoms. The SMILES string of the molecule is CCC1(C2OC(C3OC(O)(COC(=O)Nc4ccc(C)cc4)C(C)CC3C)CC2C)CCC(C2(C)CCC3(CC(O)C(C)C(C(C)C(OC)C(C)C(=O)O)O3)O2)O1.[Na]. The summed E-state index contributed by atoms with van der Waals surface area (Å²) in [7, 11) is 1.52. The average molecular weight is 827 g/mol. The first-order chi connectivity index (χ1) is 26.8. The summed E-state index contributed by atoms with van der Waals surface area (Å²) < 4.78 is 45.6. The first-order valence-corrected chi connectivity index (χ1v) is 21.3. The Morgan fingerprint density at radius 3 is 2.33 bits per heavy atom. The molecule has 6 rings (SSSR count). The van der Waals surface area contributed by atoms with Crippen molar-refractivity contribution in [1.29, 1.82) is 0 Å². The third-order valence-corrected chi connectivity index (χ3v) is 14.5. The van der Waals surface area contributed by atoms with Crippen LogP contribution in [0, 0.1) is 42.4 Å². The molecule has 0 aliphatic carbocycles. The van der Waals surface area contributed by atoms with E-state index in [9.17, 15) is 24.9 Å². The van der Waals surface area contributed by atoms with Crippen molar-refractivity contribution in [1.82, 2.24) is 0 Å². The van der Waals surface area contributed by atoms with E-state index in [4.69, 9.17) is 33.2 Å². The van der Waals surface area contributed by atoms with Crippen LogP contribution in [0.25, 0.3) is 0 Å². The van der Waals surface area contributed by atoms with E-state index < -0.39 is 65.2 Å². The van der Waals surface area contributed by atoms with E-state index >= 15 is 0 Å². The van der Waals surface area contributed by atoms with Gasteiger partial charge in [0, 0.05) is 72.9 Å². The van der Waals surface area contributed by atoms with Gasteiger partial charge in [0.1, 0.15) is 6.61 Å². The number of anilines is 1. The largest absolute Gasteiger partial charge is 0.481 e. The molecule has 323 valence electrons. The van der Waals surface area contributed by atoms with Crippen molar-refractivity contribution >= 4 is 47.3 Å². The third kappa shape index (κ3) is 9.50. The molecule has 5 aliphatic rings. The van der Waals surface area contributed by atoms with Gasteiger partial charge in [-0.1, -0.05) is 59.2 Å². The number of ether oxygens (including phenoxy) is 7.